The first kappa shape index (κ1) is 11.3. The topological polar surface area (TPSA) is 42.2 Å². The van der Waals surface area contributed by atoms with Gasteiger partial charge < -0.3 is 9.67 Å². The first-order chi connectivity index (χ1) is 5.16. The number of nitrogens with zero attached hydrogens (tertiary/aromatic N) is 1. The summed E-state index contributed by atoms with van der Waals surface area (Å²) < 4.78 is 1.82. The second-order valence-electron chi connectivity index (χ2n) is 2.40. The number of aromatic nitrogens is 1. The van der Waals surface area contributed by atoms with Crippen molar-refractivity contribution in [3.8, 4) is 5.75 Å². The SMILES string of the molecule is CCn1ccc(=O)c(O)c1C.[Fe+3]. The third-order valence-electron chi connectivity index (χ3n) is 1.75. The molecule has 0 bridgehead atoms. The van der Waals surface area contributed by atoms with Crippen molar-refractivity contribution in [2.24, 2.45) is 0 Å². The summed E-state index contributed by atoms with van der Waals surface area (Å²) in [4.78, 5) is 10.8. The molecule has 1 aromatic rings. The van der Waals surface area contributed by atoms with Crippen molar-refractivity contribution in [3.63, 3.8) is 0 Å². The van der Waals surface area contributed by atoms with Gasteiger partial charge in [0.15, 0.2) is 5.75 Å². The zero-order chi connectivity index (χ0) is 8.43. The van der Waals surface area contributed by atoms with E-state index in [1.807, 2.05) is 11.5 Å². The summed E-state index contributed by atoms with van der Waals surface area (Å²) in [5, 5.41) is 9.18. The first-order valence-corrected chi connectivity index (χ1v) is 3.55. The Morgan fingerprint density at radius 2 is 2.17 bits per heavy atom. The molecular weight excluding hydrogens is 198 g/mol. The van der Waals surface area contributed by atoms with Gasteiger partial charge in [0.25, 0.3) is 0 Å². The van der Waals surface area contributed by atoms with Crippen LogP contribution in [0.5, 0.6) is 5.75 Å². The van der Waals surface area contributed by atoms with Crippen molar-refractivity contribution >= 4 is 0 Å². The van der Waals surface area contributed by atoms with Crippen LogP contribution in [0.3, 0.4) is 0 Å². The maximum absolute atomic E-state index is 10.8. The van der Waals surface area contributed by atoms with E-state index in [-0.39, 0.29) is 28.2 Å². The first-order valence-electron chi connectivity index (χ1n) is 3.55. The Morgan fingerprint density at radius 1 is 1.58 bits per heavy atom. The summed E-state index contributed by atoms with van der Waals surface area (Å²) in [6, 6.07) is 1.37. The van der Waals surface area contributed by atoms with Gasteiger partial charge in [-0.25, -0.2) is 0 Å². The fourth-order valence-corrected chi connectivity index (χ4v) is 1.01. The molecule has 12 heavy (non-hydrogen) atoms. The molecule has 1 radical (unpaired) electrons. The molecular formula is C8H11FeNO2+3. The van der Waals surface area contributed by atoms with Gasteiger partial charge in [-0.2, -0.15) is 0 Å². The predicted octanol–water partition coefficient (Wildman–Crippen LogP) is 0.880. The van der Waals surface area contributed by atoms with Gasteiger partial charge in [-0.05, 0) is 13.8 Å². The molecule has 1 N–H and O–H groups in total. The molecule has 0 aliphatic rings. The summed E-state index contributed by atoms with van der Waals surface area (Å²) >= 11 is 0. The quantitative estimate of drug-likeness (QED) is 0.697. The minimum atomic E-state index is -0.313. The largest absolute Gasteiger partial charge is 3.00 e. The molecule has 0 aliphatic carbocycles. The van der Waals surface area contributed by atoms with Crippen LogP contribution in [0, 0.1) is 6.92 Å². The van der Waals surface area contributed by atoms with Gasteiger partial charge in [0.2, 0.25) is 5.43 Å². The standard InChI is InChI=1S/C8H11NO2.Fe/c1-3-9-5-4-7(10)8(11)6(9)2;/h4-5,11H,3H2,1-2H3;/q;+3. The van der Waals surface area contributed by atoms with Crippen LogP contribution in [0.2, 0.25) is 0 Å². The number of hydrogen-bond acceptors (Lipinski definition) is 2. The van der Waals surface area contributed by atoms with Gasteiger partial charge in [-0.1, -0.05) is 0 Å². The average molecular weight is 209 g/mol. The Hall–Kier alpha value is -0.731. The van der Waals surface area contributed by atoms with E-state index in [9.17, 15) is 9.90 Å². The Balaban J connectivity index is 0.00000121. The zero-order valence-electron chi connectivity index (χ0n) is 7.02. The molecule has 0 aromatic carbocycles. The van der Waals surface area contributed by atoms with Crippen LogP contribution in [-0.4, -0.2) is 9.67 Å². The van der Waals surface area contributed by atoms with E-state index >= 15 is 0 Å². The molecule has 0 saturated heterocycles. The third kappa shape index (κ3) is 1.90. The van der Waals surface area contributed by atoms with E-state index < -0.39 is 0 Å². The number of hydrogen-bond donors (Lipinski definition) is 1. The molecule has 0 amide bonds. The van der Waals surface area contributed by atoms with Gasteiger partial charge >= 0.3 is 17.1 Å². The monoisotopic (exact) mass is 209 g/mol. The van der Waals surface area contributed by atoms with Crippen LogP contribution in [0.1, 0.15) is 12.6 Å². The van der Waals surface area contributed by atoms with E-state index in [2.05, 4.69) is 0 Å². The van der Waals surface area contributed by atoms with Crippen LogP contribution in [0.4, 0.5) is 0 Å². The predicted molar refractivity (Wildman–Crippen MR) is 42.8 cm³/mol. The average Bonchev–Trinajstić information content (AvgIpc) is 2.01. The number of aromatic hydroxyl groups is 1. The normalized spacial score (nSPS) is 9.17. The molecule has 0 unspecified atom stereocenters. The van der Waals surface area contributed by atoms with E-state index in [1.54, 1.807) is 13.1 Å². The molecule has 0 saturated carbocycles. The van der Waals surface area contributed by atoms with Crippen LogP contribution in [0.15, 0.2) is 17.1 Å². The smallest absolute Gasteiger partial charge is 0.503 e. The Kier molecular flexibility index (Phi) is 4.07. The number of rotatable bonds is 1. The number of pyridine rings is 1. The van der Waals surface area contributed by atoms with Crippen LogP contribution < -0.4 is 5.43 Å². The summed E-state index contributed by atoms with van der Waals surface area (Å²) in [7, 11) is 0. The molecule has 1 rings (SSSR count). The number of aryl methyl sites for hydroxylation is 1. The van der Waals surface area contributed by atoms with E-state index in [1.165, 1.54) is 6.07 Å². The van der Waals surface area contributed by atoms with Gasteiger partial charge in [-0.3, -0.25) is 4.79 Å². The summed E-state index contributed by atoms with van der Waals surface area (Å²) in [6.45, 7) is 4.44. The minimum Gasteiger partial charge on any atom is -0.503 e. The third-order valence-corrected chi connectivity index (χ3v) is 1.75. The molecule has 0 fully saturated rings. The fourth-order valence-electron chi connectivity index (χ4n) is 1.01. The van der Waals surface area contributed by atoms with E-state index in [0.29, 0.717) is 5.69 Å². The van der Waals surface area contributed by atoms with Gasteiger partial charge in [0, 0.05) is 18.8 Å². The van der Waals surface area contributed by atoms with Crippen molar-refractivity contribution < 1.29 is 22.2 Å². The van der Waals surface area contributed by atoms with Crippen LogP contribution in [-0.2, 0) is 23.6 Å². The summed E-state index contributed by atoms with van der Waals surface area (Å²) in [5.41, 5.74) is 0.312. The van der Waals surface area contributed by atoms with Gasteiger partial charge in [0.1, 0.15) is 0 Å². The second kappa shape index (κ2) is 4.33. The minimum absolute atomic E-state index is 0. The summed E-state index contributed by atoms with van der Waals surface area (Å²) in [5.74, 6) is -0.144. The van der Waals surface area contributed by atoms with E-state index in [4.69, 9.17) is 0 Å². The van der Waals surface area contributed by atoms with Crippen LogP contribution in [0.25, 0.3) is 0 Å². The molecule has 3 nitrogen and oxygen atoms in total. The maximum Gasteiger partial charge on any atom is 3.00 e. The van der Waals surface area contributed by atoms with Gasteiger partial charge in [-0.15, -0.1) is 0 Å². The second-order valence-corrected chi connectivity index (χ2v) is 2.40. The Labute approximate surface area is 81.5 Å². The van der Waals surface area contributed by atoms with Gasteiger partial charge in [0.05, 0.1) is 5.69 Å². The Bertz CT molecular complexity index is 319. The molecule has 0 spiro atoms. The van der Waals surface area contributed by atoms with Crippen molar-refractivity contribution in [2.75, 3.05) is 0 Å². The van der Waals surface area contributed by atoms with Crippen molar-refractivity contribution in [3.05, 3.63) is 28.2 Å². The van der Waals surface area contributed by atoms with Crippen molar-refractivity contribution in [1.29, 1.82) is 0 Å². The maximum atomic E-state index is 10.8. The molecule has 1 heterocycles. The molecule has 1 aromatic heterocycles. The molecule has 65 valence electrons. The zero-order valence-corrected chi connectivity index (χ0v) is 8.12. The fraction of sp³-hybridized carbons (Fsp3) is 0.375. The molecule has 0 aliphatic heterocycles. The molecule has 0 atom stereocenters. The Morgan fingerprint density at radius 3 is 2.67 bits per heavy atom. The van der Waals surface area contributed by atoms with Crippen molar-refractivity contribution in [1.82, 2.24) is 4.57 Å². The van der Waals surface area contributed by atoms with E-state index in [0.717, 1.165) is 6.54 Å². The van der Waals surface area contributed by atoms with Crippen molar-refractivity contribution in [2.45, 2.75) is 20.4 Å². The summed E-state index contributed by atoms with van der Waals surface area (Å²) in [6.07, 6.45) is 1.68. The molecule has 4 heteroatoms. The van der Waals surface area contributed by atoms with Crippen LogP contribution >= 0.6 is 0 Å².